The molecule has 0 aromatic rings. The summed E-state index contributed by atoms with van der Waals surface area (Å²) in [5.74, 6) is -0.630. The maximum atomic E-state index is 12.1. The number of carbonyl (C=O) groups excluding carboxylic acids is 2. The first-order valence-electron chi connectivity index (χ1n) is 16.7. The Hall–Kier alpha value is -2.14. The van der Waals surface area contributed by atoms with E-state index < -0.39 is 6.10 Å². The van der Waals surface area contributed by atoms with Crippen LogP contribution in [0, 0.1) is 0 Å². The third-order valence-electron chi connectivity index (χ3n) is 6.83. The van der Waals surface area contributed by atoms with Crippen molar-refractivity contribution >= 4 is 11.9 Å². The average molecular weight is 575 g/mol. The molecule has 236 valence electrons. The van der Waals surface area contributed by atoms with Gasteiger partial charge in [-0.1, -0.05) is 120 Å². The fraction of sp³-hybridized carbons (Fsp3) is 0.722. The number of rotatable bonds is 29. The van der Waals surface area contributed by atoms with Gasteiger partial charge in [0.05, 0.1) is 6.61 Å². The molecular weight excluding hydrogens is 512 g/mol. The van der Waals surface area contributed by atoms with Crippen molar-refractivity contribution in [2.24, 2.45) is 0 Å². The monoisotopic (exact) mass is 574 g/mol. The minimum absolute atomic E-state index is 0.0803. The van der Waals surface area contributed by atoms with Gasteiger partial charge in [-0.3, -0.25) is 9.59 Å². The standard InChI is InChI=1S/C36H62O5/c1-3-5-7-9-11-13-15-17-19-21-23-25-27-29-31-36(39)41-34(32-37)33-40-35(38)30-28-26-24-22-20-18-16-14-12-10-8-6-4-2/h8-11,14-17,34,37H,3-7,12-13,18-33H2,1-2H3/b10-8-,11-9-,16-14-,17-15-. The lowest BCUT2D eigenvalue weighted by atomic mass is 10.1. The summed E-state index contributed by atoms with van der Waals surface area (Å²) in [7, 11) is 0. The molecule has 0 aromatic heterocycles. The van der Waals surface area contributed by atoms with Gasteiger partial charge >= 0.3 is 11.9 Å². The second kappa shape index (κ2) is 32.4. The van der Waals surface area contributed by atoms with Crippen molar-refractivity contribution in [3.8, 4) is 0 Å². The van der Waals surface area contributed by atoms with E-state index >= 15 is 0 Å². The van der Waals surface area contributed by atoms with Crippen molar-refractivity contribution in [2.45, 2.75) is 155 Å². The maximum Gasteiger partial charge on any atom is 0.306 e. The van der Waals surface area contributed by atoms with E-state index in [2.05, 4.69) is 62.5 Å². The summed E-state index contributed by atoms with van der Waals surface area (Å²) in [6.07, 6.45) is 38.7. The number of allylic oxidation sites excluding steroid dienone is 8. The molecule has 0 heterocycles. The highest BCUT2D eigenvalue weighted by Crippen LogP contribution is 2.11. The lowest BCUT2D eigenvalue weighted by Gasteiger charge is -2.15. The average Bonchev–Trinajstić information content (AvgIpc) is 2.97. The Balaban J connectivity index is 3.65. The van der Waals surface area contributed by atoms with Crippen LogP contribution in [-0.2, 0) is 19.1 Å². The highest BCUT2D eigenvalue weighted by atomic mass is 16.6. The predicted octanol–water partition coefficient (Wildman–Crippen LogP) is 9.89. The van der Waals surface area contributed by atoms with E-state index in [1.54, 1.807) is 0 Å². The van der Waals surface area contributed by atoms with Crippen LogP contribution in [0.2, 0.25) is 0 Å². The van der Waals surface area contributed by atoms with Gasteiger partial charge in [-0.05, 0) is 64.2 Å². The highest BCUT2D eigenvalue weighted by Gasteiger charge is 2.16. The van der Waals surface area contributed by atoms with Crippen LogP contribution in [0.1, 0.15) is 149 Å². The first-order valence-corrected chi connectivity index (χ1v) is 16.7. The van der Waals surface area contributed by atoms with Gasteiger partial charge in [0, 0.05) is 12.8 Å². The smallest absolute Gasteiger partial charge is 0.306 e. The molecule has 0 fully saturated rings. The zero-order valence-corrected chi connectivity index (χ0v) is 26.5. The first-order chi connectivity index (χ1) is 20.1. The molecule has 0 aromatic carbocycles. The van der Waals surface area contributed by atoms with Gasteiger partial charge in [0.25, 0.3) is 0 Å². The van der Waals surface area contributed by atoms with E-state index in [9.17, 15) is 14.7 Å². The molecule has 5 heteroatoms. The molecule has 0 saturated heterocycles. The van der Waals surface area contributed by atoms with E-state index in [-0.39, 0.29) is 25.2 Å². The molecule has 0 aliphatic heterocycles. The van der Waals surface area contributed by atoms with Crippen molar-refractivity contribution in [3.05, 3.63) is 48.6 Å². The van der Waals surface area contributed by atoms with Gasteiger partial charge in [-0.2, -0.15) is 0 Å². The number of carbonyl (C=O) groups is 2. The van der Waals surface area contributed by atoms with E-state index in [1.807, 2.05) is 0 Å². The van der Waals surface area contributed by atoms with Crippen LogP contribution in [-0.4, -0.2) is 36.4 Å². The zero-order valence-electron chi connectivity index (χ0n) is 26.5. The number of esters is 2. The summed E-state index contributed by atoms with van der Waals surface area (Å²) in [5, 5.41) is 9.50. The van der Waals surface area contributed by atoms with Gasteiger partial charge in [-0.25, -0.2) is 0 Å². The normalized spacial score (nSPS) is 12.8. The molecule has 0 radical (unpaired) electrons. The molecule has 0 bridgehead atoms. The highest BCUT2D eigenvalue weighted by molar-refractivity contribution is 5.70. The lowest BCUT2D eigenvalue weighted by Crippen LogP contribution is -2.28. The number of ether oxygens (including phenoxy) is 2. The molecule has 1 N–H and O–H groups in total. The molecule has 0 spiro atoms. The molecule has 1 atom stereocenters. The van der Waals surface area contributed by atoms with Crippen LogP contribution in [0.4, 0.5) is 0 Å². The number of hydrogen-bond donors (Lipinski definition) is 1. The molecule has 0 saturated carbocycles. The van der Waals surface area contributed by atoms with Crippen molar-refractivity contribution in [1.29, 1.82) is 0 Å². The molecular formula is C36H62O5. The van der Waals surface area contributed by atoms with E-state index in [4.69, 9.17) is 9.47 Å². The van der Waals surface area contributed by atoms with Crippen LogP contribution < -0.4 is 0 Å². The number of aliphatic hydroxyl groups excluding tert-OH is 1. The predicted molar refractivity (Wildman–Crippen MR) is 173 cm³/mol. The molecule has 0 aliphatic carbocycles. The quantitative estimate of drug-likeness (QED) is 0.0547. The minimum atomic E-state index is -0.782. The summed E-state index contributed by atoms with van der Waals surface area (Å²) < 4.78 is 10.5. The minimum Gasteiger partial charge on any atom is -0.462 e. The Labute approximate surface area is 252 Å². The summed E-state index contributed by atoms with van der Waals surface area (Å²) in [6.45, 7) is 3.98. The Kier molecular flexibility index (Phi) is 30.7. The van der Waals surface area contributed by atoms with E-state index in [0.29, 0.717) is 12.8 Å². The topological polar surface area (TPSA) is 72.8 Å². The van der Waals surface area contributed by atoms with Crippen LogP contribution in [0.3, 0.4) is 0 Å². The van der Waals surface area contributed by atoms with E-state index in [0.717, 1.165) is 77.0 Å². The number of unbranched alkanes of at least 4 members (excludes halogenated alkanes) is 13. The van der Waals surface area contributed by atoms with Gasteiger partial charge in [-0.15, -0.1) is 0 Å². The SMILES string of the molecule is CCC/C=C\C/C=C\CCCCCCCC(=O)OCC(CO)OC(=O)CCCCCCC/C=C\C/C=C\CCCC. The summed E-state index contributed by atoms with van der Waals surface area (Å²) in [5.41, 5.74) is 0. The van der Waals surface area contributed by atoms with Crippen LogP contribution >= 0.6 is 0 Å². The first kappa shape index (κ1) is 38.9. The Morgan fingerprint density at radius 2 is 1.02 bits per heavy atom. The van der Waals surface area contributed by atoms with E-state index in [1.165, 1.54) is 44.9 Å². The molecule has 5 nitrogen and oxygen atoms in total. The van der Waals surface area contributed by atoms with Gasteiger partial charge in [0.2, 0.25) is 0 Å². The molecule has 1 unspecified atom stereocenters. The fourth-order valence-electron chi connectivity index (χ4n) is 4.25. The maximum absolute atomic E-state index is 12.1. The van der Waals surface area contributed by atoms with Crippen molar-refractivity contribution in [3.63, 3.8) is 0 Å². The third-order valence-corrected chi connectivity index (χ3v) is 6.83. The van der Waals surface area contributed by atoms with Crippen LogP contribution in [0.5, 0.6) is 0 Å². The fourth-order valence-corrected chi connectivity index (χ4v) is 4.25. The molecule has 41 heavy (non-hydrogen) atoms. The van der Waals surface area contributed by atoms with Crippen molar-refractivity contribution in [1.82, 2.24) is 0 Å². The summed E-state index contributed by atoms with van der Waals surface area (Å²) in [6, 6.07) is 0. The largest absolute Gasteiger partial charge is 0.462 e. The third kappa shape index (κ3) is 30.6. The van der Waals surface area contributed by atoms with Gasteiger partial charge in [0.1, 0.15) is 6.61 Å². The number of hydrogen-bond acceptors (Lipinski definition) is 5. The second-order valence-corrected chi connectivity index (χ2v) is 10.9. The summed E-state index contributed by atoms with van der Waals surface area (Å²) in [4.78, 5) is 24.1. The Morgan fingerprint density at radius 1 is 0.561 bits per heavy atom. The zero-order chi connectivity index (χ0) is 30.1. The molecule has 0 aliphatic rings. The van der Waals surface area contributed by atoms with Crippen molar-refractivity contribution < 1.29 is 24.2 Å². The van der Waals surface area contributed by atoms with Crippen molar-refractivity contribution in [2.75, 3.05) is 13.2 Å². The lowest BCUT2D eigenvalue weighted by molar-refractivity contribution is -0.161. The van der Waals surface area contributed by atoms with Crippen LogP contribution in [0.25, 0.3) is 0 Å². The number of aliphatic hydroxyl groups is 1. The Morgan fingerprint density at radius 3 is 1.54 bits per heavy atom. The molecule has 0 rings (SSSR count). The molecule has 0 amide bonds. The summed E-state index contributed by atoms with van der Waals surface area (Å²) >= 11 is 0. The Bertz CT molecular complexity index is 707. The van der Waals surface area contributed by atoms with Gasteiger partial charge < -0.3 is 14.6 Å². The van der Waals surface area contributed by atoms with Gasteiger partial charge in [0.15, 0.2) is 6.10 Å². The van der Waals surface area contributed by atoms with Crippen LogP contribution in [0.15, 0.2) is 48.6 Å². The second-order valence-electron chi connectivity index (χ2n) is 10.9.